The predicted molar refractivity (Wildman–Crippen MR) is 78.7 cm³/mol. The second kappa shape index (κ2) is 5.88. The van der Waals surface area contributed by atoms with Crippen LogP contribution in [0.2, 0.25) is 0 Å². The van der Waals surface area contributed by atoms with Crippen molar-refractivity contribution in [2.45, 2.75) is 32.3 Å². The third-order valence-corrected chi connectivity index (χ3v) is 4.33. The number of Topliss-reactive ketones (excluding diaryl/α,β-unsaturated/α-hetero) is 1. The lowest BCUT2D eigenvalue weighted by molar-refractivity contribution is -0.123. The van der Waals surface area contributed by atoms with E-state index in [9.17, 15) is 4.79 Å². The number of rotatable bonds is 5. The number of aromatic amines is 1. The van der Waals surface area contributed by atoms with Gasteiger partial charge < -0.3 is 0 Å². The summed E-state index contributed by atoms with van der Waals surface area (Å²) in [6.45, 7) is 5.78. The highest BCUT2D eigenvalue weighted by Crippen LogP contribution is 2.21. The van der Waals surface area contributed by atoms with E-state index in [-0.39, 0.29) is 11.2 Å². The number of carbonyl (C=O) groups excluding carboxylic acids is 1. The van der Waals surface area contributed by atoms with E-state index in [0.29, 0.717) is 10.9 Å². The third-order valence-electron chi connectivity index (χ3n) is 2.60. The summed E-state index contributed by atoms with van der Waals surface area (Å²) in [5, 5.41) is 9.74. The molecule has 0 fully saturated rings. The molecule has 2 aromatic rings. The first-order valence-corrected chi connectivity index (χ1v) is 7.91. The maximum absolute atomic E-state index is 11.8. The van der Waals surface area contributed by atoms with Crippen LogP contribution in [0, 0.1) is 5.41 Å². The Hall–Kier alpha value is -1.14. The molecule has 0 radical (unpaired) electrons. The molecule has 0 saturated carbocycles. The molecular weight excluding hydrogens is 278 g/mol. The lowest BCUT2D eigenvalue weighted by Crippen LogP contribution is -2.22. The molecule has 102 valence electrons. The minimum Gasteiger partial charge on any atom is -0.298 e. The summed E-state index contributed by atoms with van der Waals surface area (Å²) >= 11 is 3.09. The number of nitrogens with zero attached hydrogens (tertiary/aromatic N) is 2. The van der Waals surface area contributed by atoms with Crippen molar-refractivity contribution in [3.63, 3.8) is 0 Å². The highest BCUT2D eigenvalue weighted by molar-refractivity contribution is 7.99. The topological polar surface area (TPSA) is 58.6 Å². The summed E-state index contributed by atoms with van der Waals surface area (Å²) in [6.07, 6.45) is 0.762. The zero-order valence-electron chi connectivity index (χ0n) is 11.3. The quantitative estimate of drug-likeness (QED) is 0.861. The van der Waals surface area contributed by atoms with E-state index in [1.54, 1.807) is 11.3 Å². The summed E-state index contributed by atoms with van der Waals surface area (Å²) in [6, 6.07) is 4.09. The fraction of sp³-hybridized carbons (Fsp3) is 0.462. The van der Waals surface area contributed by atoms with E-state index in [0.717, 1.165) is 12.2 Å². The van der Waals surface area contributed by atoms with Gasteiger partial charge in [-0.1, -0.05) is 38.6 Å². The fourth-order valence-electron chi connectivity index (χ4n) is 1.35. The van der Waals surface area contributed by atoms with Gasteiger partial charge in [0.05, 0.1) is 5.75 Å². The summed E-state index contributed by atoms with van der Waals surface area (Å²) in [5.74, 6) is 1.47. The van der Waals surface area contributed by atoms with Crippen molar-refractivity contribution in [3.8, 4) is 0 Å². The Morgan fingerprint density at radius 1 is 1.47 bits per heavy atom. The molecular formula is C13H17N3OS2. The molecule has 2 heterocycles. The summed E-state index contributed by atoms with van der Waals surface area (Å²) in [5.41, 5.74) is -0.302. The first-order valence-electron chi connectivity index (χ1n) is 6.05. The molecule has 4 nitrogen and oxygen atoms in total. The Morgan fingerprint density at radius 3 is 2.89 bits per heavy atom. The second-order valence-electron chi connectivity index (χ2n) is 5.28. The van der Waals surface area contributed by atoms with Crippen molar-refractivity contribution in [2.24, 2.45) is 5.41 Å². The summed E-state index contributed by atoms with van der Waals surface area (Å²) in [4.78, 5) is 17.5. The molecule has 1 N–H and O–H groups in total. The number of nitrogens with one attached hydrogen (secondary N) is 1. The highest BCUT2D eigenvalue weighted by Gasteiger charge is 2.21. The molecule has 0 unspecified atom stereocenters. The van der Waals surface area contributed by atoms with Crippen molar-refractivity contribution >= 4 is 28.9 Å². The second-order valence-corrected chi connectivity index (χ2v) is 7.26. The zero-order valence-corrected chi connectivity index (χ0v) is 12.9. The maximum atomic E-state index is 11.8. The van der Waals surface area contributed by atoms with Crippen LogP contribution in [-0.4, -0.2) is 26.7 Å². The van der Waals surface area contributed by atoms with E-state index in [1.165, 1.54) is 16.6 Å². The van der Waals surface area contributed by atoms with Gasteiger partial charge in [0.25, 0.3) is 0 Å². The average molecular weight is 295 g/mol. The first-order chi connectivity index (χ1) is 8.95. The summed E-state index contributed by atoms with van der Waals surface area (Å²) in [7, 11) is 0. The molecule has 0 atom stereocenters. The van der Waals surface area contributed by atoms with Gasteiger partial charge >= 0.3 is 0 Å². The van der Waals surface area contributed by atoms with E-state index in [2.05, 4.69) is 21.2 Å². The monoisotopic (exact) mass is 295 g/mol. The number of aromatic nitrogens is 3. The zero-order chi connectivity index (χ0) is 13.9. The molecule has 0 aliphatic rings. The molecule has 6 heteroatoms. The Labute approximate surface area is 121 Å². The predicted octanol–water partition coefficient (Wildman–Crippen LogP) is 3.16. The van der Waals surface area contributed by atoms with Crippen LogP contribution < -0.4 is 0 Å². The van der Waals surface area contributed by atoms with Gasteiger partial charge in [-0.25, -0.2) is 4.98 Å². The van der Waals surface area contributed by atoms with Gasteiger partial charge in [0.2, 0.25) is 5.16 Å². The largest absolute Gasteiger partial charge is 0.298 e. The lowest BCUT2D eigenvalue weighted by atomic mass is 9.92. The van der Waals surface area contributed by atoms with Crippen molar-refractivity contribution in [1.29, 1.82) is 0 Å². The average Bonchev–Trinajstić information content (AvgIpc) is 2.97. The van der Waals surface area contributed by atoms with Crippen LogP contribution >= 0.6 is 23.1 Å². The van der Waals surface area contributed by atoms with E-state index < -0.39 is 0 Å². The Morgan fingerprint density at radius 2 is 2.26 bits per heavy atom. The van der Waals surface area contributed by atoms with Crippen LogP contribution in [0.5, 0.6) is 0 Å². The van der Waals surface area contributed by atoms with Gasteiger partial charge in [-0.05, 0) is 11.4 Å². The number of thiophene rings is 1. The van der Waals surface area contributed by atoms with Crippen LogP contribution in [-0.2, 0) is 11.2 Å². The van der Waals surface area contributed by atoms with Gasteiger partial charge in [-0.3, -0.25) is 9.89 Å². The third kappa shape index (κ3) is 4.18. The molecule has 19 heavy (non-hydrogen) atoms. The van der Waals surface area contributed by atoms with Gasteiger partial charge in [0.15, 0.2) is 0 Å². The van der Waals surface area contributed by atoms with Crippen molar-refractivity contribution in [1.82, 2.24) is 15.2 Å². The SMILES string of the molecule is CC(C)(C)C(=O)CSc1n[nH]c(Cc2cccs2)n1. The van der Waals surface area contributed by atoms with Gasteiger partial charge in [0.1, 0.15) is 11.6 Å². The lowest BCUT2D eigenvalue weighted by Gasteiger charge is -2.14. The molecule has 0 bridgehead atoms. The number of hydrogen-bond acceptors (Lipinski definition) is 5. The molecule has 0 aliphatic carbocycles. The van der Waals surface area contributed by atoms with Crippen LogP contribution in [0.3, 0.4) is 0 Å². The standard InChI is InChI=1S/C13H17N3OS2/c1-13(2,3)10(17)8-19-12-14-11(15-16-12)7-9-5-4-6-18-9/h4-6H,7-8H2,1-3H3,(H,14,15,16). The number of carbonyl (C=O) groups is 1. The maximum Gasteiger partial charge on any atom is 0.208 e. The molecule has 2 rings (SSSR count). The smallest absolute Gasteiger partial charge is 0.208 e. The van der Waals surface area contributed by atoms with Crippen LogP contribution in [0.4, 0.5) is 0 Å². The van der Waals surface area contributed by atoms with E-state index in [1.807, 2.05) is 32.2 Å². The van der Waals surface area contributed by atoms with Gasteiger partial charge in [0, 0.05) is 16.7 Å². The molecule has 2 aromatic heterocycles. The van der Waals surface area contributed by atoms with Crippen molar-refractivity contribution < 1.29 is 4.79 Å². The van der Waals surface area contributed by atoms with Gasteiger partial charge in [-0.2, -0.15) is 0 Å². The van der Waals surface area contributed by atoms with Crippen LogP contribution in [0.1, 0.15) is 31.5 Å². The normalized spacial score (nSPS) is 11.7. The number of H-pyrrole nitrogens is 1. The van der Waals surface area contributed by atoms with Crippen molar-refractivity contribution in [2.75, 3.05) is 5.75 Å². The molecule has 0 amide bonds. The van der Waals surface area contributed by atoms with E-state index in [4.69, 9.17) is 0 Å². The number of ketones is 1. The minimum absolute atomic E-state index is 0.210. The highest BCUT2D eigenvalue weighted by atomic mass is 32.2. The molecule has 0 aromatic carbocycles. The Kier molecular flexibility index (Phi) is 4.42. The van der Waals surface area contributed by atoms with Gasteiger partial charge in [-0.15, -0.1) is 16.4 Å². The molecule has 0 aliphatic heterocycles. The summed E-state index contributed by atoms with van der Waals surface area (Å²) < 4.78 is 0. The molecule has 0 spiro atoms. The number of thioether (sulfide) groups is 1. The minimum atomic E-state index is -0.302. The van der Waals surface area contributed by atoms with E-state index >= 15 is 0 Å². The Bertz CT molecular complexity index is 540. The van der Waals surface area contributed by atoms with Crippen LogP contribution in [0.25, 0.3) is 0 Å². The molecule has 0 saturated heterocycles. The first kappa shape index (κ1) is 14.3. The van der Waals surface area contributed by atoms with Crippen molar-refractivity contribution in [3.05, 3.63) is 28.2 Å². The fourth-order valence-corrected chi connectivity index (χ4v) is 3.03. The van der Waals surface area contributed by atoms with Crippen LogP contribution in [0.15, 0.2) is 22.7 Å². The number of hydrogen-bond donors (Lipinski definition) is 1. The Balaban J connectivity index is 1.89.